The van der Waals surface area contributed by atoms with Crippen molar-refractivity contribution >= 4 is 5.69 Å². The molecule has 1 saturated heterocycles. The molecule has 4 rings (SSSR count). The van der Waals surface area contributed by atoms with Crippen LogP contribution in [0, 0.1) is 15.5 Å². The summed E-state index contributed by atoms with van der Waals surface area (Å²) in [5, 5.41) is 53.7. The van der Waals surface area contributed by atoms with E-state index in [9.17, 15) is 30.5 Å². The smallest absolute Gasteiger partial charge is 0.269 e. The molecule has 3 aliphatic rings. The van der Waals surface area contributed by atoms with Crippen molar-refractivity contribution in [3.63, 3.8) is 0 Å². The molecule has 4 N–H and O–H groups in total. The summed E-state index contributed by atoms with van der Waals surface area (Å²) in [7, 11) is 0. The number of aliphatic hydroxyl groups excluding tert-OH is 3. The number of benzene rings is 1. The van der Waals surface area contributed by atoms with Crippen LogP contribution in [0.25, 0.3) is 0 Å². The van der Waals surface area contributed by atoms with Crippen LogP contribution in [0.3, 0.4) is 0 Å². The normalized spacial score (nSPS) is 40.1. The van der Waals surface area contributed by atoms with Crippen LogP contribution in [-0.2, 0) is 4.74 Å². The van der Waals surface area contributed by atoms with Crippen molar-refractivity contribution in [2.24, 2.45) is 5.41 Å². The number of fused-ring (bicyclic) bond motifs is 2. The summed E-state index contributed by atoms with van der Waals surface area (Å²) in [6.07, 6.45) is -2.65. The molecule has 3 fully saturated rings. The van der Waals surface area contributed by atoms with E-state index in [2.05, 4.69) is 0 Å². The standard InChI is InChI=1S/C18H23NO8/c20-12-13(21)18(23)15(14(22)17(18)8-2-1-3-9-17)27-16(12)26-11-6-4-10(5-7-11)19(24)25/h4-7,12-16,20-23H,1-3,8-9H2/t12-,13+,14?,15+,16+,18-/m0/s1. The van der Waals surface area contributed by atoms with Gasteiger partial charge in [0.05, 0.1) is 11.0 Å². The molecule has 1 aromatic rings. The third kappa shape index (κ3) is 2.50. The van der Waals surface area contributed by atoms with Gasteiger partial charge in [-0.05, 0) is 25.0 Å². The van der Waals surface area contributed by atoms with Gasteiger partial charge in [0.15, 0.2) is 0 Å². The molecule has 0 bridgehead atoms. The van der Waals surface area contributed by atoms with Crippen molar-refractivity contribution in [1.82, 2.24) is 0 Å². The molecule has 27 heavy (non-hydrogen) atoms. The molecule has 148 valence electrons. The zero-order valence-electron chi connectivity index (χ0n) is 14.6. The maximum absolute atomic E-state index is 11.2. The van der Waals surface area contributed by atoms with E-state index < -0.39 is 46.6 Å². The van der Waals surface area contributed by atoms with Crippen LogP contribution in [0.1, 0.15) is 32.1 Å². The Morgan fingerprint density at radius 3 is 2.30 bits per heavy atom. The Hall–Kier alpha value is -1.78. The van der Waals surface area contributed by atoms with E-state index in [1.165, 1.54) is 24.3 Å². The Balaban J connectivity index is 1.53. The third-order valence-electron chi connectivity index (χ3n) is 6.46. The second kappa shape index (κ2) is 6.39. The van der Waals surface area contributed by atoms with Crippen LogP contribution in [0.15, 0.2) is 24.3 Å². The van der Waals surface area contributed by atoms with Crippen molar-refractivity contribution in [2.45, 2.75) is 68.4 Å². The van der Waals surface area contributed by atoms with E-state index in [0.29, 0.717) is 12.8 Å². The minimum absolute atomic E-state index is 0.115. The summed E-state index contributed by atoms with van der Waals surface area (Å²) in [6.45, 7) is 0. The Bertz CT molecular complexity index is 715. The number of nitro groups is 1. The maximum atomic E-state index is 11.2. The molecular weight excluding hydrogens is 358 g/mol. The van der Waals surface area contributed by atoms with E-state index >= 15 is 0 Å². The lowest BCUT2D eigenvalue weighted by molar-refractivity contribution is -0.424. The molecule has 1 unspecified atom stereocenters. The van der Waals surface area contributed by atoms with Gasteiger partial charge >= 0.3 is 0 Å². The SMILES string of the molecule is O=[N+]([O-])c1ccc(O[C@@H]2O[C@@H]3C(O)C4(CCCCC4)[C@]3(O)[C@H](O)[C@@H]2O)cc1. The number of hydrogen-bond donors (Lipinski definition) is 4. The molecule has 0 aromatic heterocycles. The summed E-state index contributed by atoms with van der Waals surface area (Å²) >= 11 is 0. The molecule has 1 aromatic carbocycles. The van der Waals surface area contributed by atoms with Crippen LogP contribution >= 0.6 is 0 Å². The van der Waals surface area contributed by atoms with Crippen molar-refractivity contribution < 1.29 is 34.8 Å². The largest absolute Gasteiger partial charge is 0.462 e. The number of hydrogen-bond acceptors (Lipinski definition) is 8. The van der Waals surface area contributed by atoms with Gasteiger partial charge in [-0.1, -0.05) is 19.3 Å². The lowest BCUT2D eigenvalue weighted by atomic mass is 9.44. The monoisotopic (exact) mass is 381 g/mol. The molecule has 0 radical (unpaired) electrons. The second-order valence-corrected chi connectivity index (χ2v) is 7.72. The lowest BCUT2D eigenvalue weighted by Gasteiger charge is -2.69. The van der Waals surface area contributed by atoms with Gasteiger partial charge in [0.1, 0.15) is 29.7 Å². The first-order valence-corrected chi connectivity index (χ1v) is 9.14. The first kappa shape index (κ1) is 18.6. The Morgan fingerprint density at radius 1 is 1.07 bits per heavy atom. The summed E-state index contributed by atoms with van der Waals surface area (Å²) < 4.78 is 11.1. The number of aliphatic hydroxyl groups is 4. The maximum Gasteiger partial charge on any atom is 0.269 e. The molecule has 2 saturated carbocycles. The fourth-order valence-corrected chi connectivity index (χ4v) is 4.99. The van der Waals surface area contributed by atoms with Gasteiger partial charge < -0.3 is 29.9 Å². The first-order chi connectivity index (χ1) is 12.8. The van der Waals surface area contributed by atoms with Crippen molar-refractivity contribution in [2.75, 3.05) is 0 Å². The summed E-state index contributed by atoms with van der Waals surface area (Å²) in [5.74, 6) is 0.198. The van der Waals surface area contributed by atoms with Gasteiger partial charge in [-0.25, -0.2) is 0 Å². The summed E-state index contributed by atoms with van der Waals surface area (Å²) in [4.78, 5) is 10.2. The zero-order chi connectivity index (χ0) is 19.4. The molecule has 0 amide bonds. The lowest BCUT2D eigenvalue weighted by Crippen LogP contribution is -2.86. The number of ether oxygens (including phenoxy) is 2. The van der Waals surface area contributed by atoms with E-state index in [4.69, 9.17) is 9.47 Å². The Labute approximate surface area is 155 Å². The highest BCUT2D eigenvalue weighted by atomic mass is 16.7. The first-order valence-electron chi connectivity index (χ1n) is 9.14. The summed E-state index contributed by atoms with van der Waals surface area (Å²) in [5.41, 5.74) is -2.73. The minimum Gasteiger partial charge on any atom is -0.462 e. The number of nitrogens with zero attached hydrogens (tertiary/aromatic N) is 1. The third-order valence-corrected chi connectivity index (χ3v) is 6.46. The van der Waals surface area contributed by atoms with E-state index in [-0.39, 0.29) is 11.4 Å². The van der Waals surface area contributed by atoms with Crippen LogP contribution in [0.2, 0.25) is 0 Å². The van der Waals surface area contributed by atoms with Gasteiger partial charge in [-0.15, -0.1) is 0 Å². The molecule has 6 atom stereocenters. The topological polar surface area (TPSA) is 143 Å². The molecule has 9 heteroatoms. The average molecular weight is 381 g/mol. The van der Waals surface area contributed by atoms with Gasteiger partial charge in [0.2, 0.25) is 6.29 Å². The molecule has 1 spiro atoms. The van der Waals surface area contributed by atoms with Crippen molar-refractivity contribution in [3.05, 3.63) is 34.4 Å². The van der Waals surface area contributed by atoms with Crippen LogP contribution in [0.4, 0.5) is 5.69 Å². The van der Waals surface area contributed by atoms with E-state index in [0.717, 1.165) is 19.3 Å². The number of rotatable bonds is 3. The molecular formula is C18H23NO8. The van der Waals surface area contributed by atoms with Crippen LogP contribution < -0.4 is 4.74 Å². The van der Waals surface area contributed by atoms with Crippen molar-refractivity contribution in [3.8, 4) is 5.75 Å². The van der Waals surface area contributed by atoms with Gasteiger partial charge in [-0.3, -0.25) is 10.1 Å². The molecule has 1 aliphatic heterocycles. The highest BCUT2D eigenvalue weighted by Crippen LogP contribution is 2.62. The Morgan fingerprint density at radius 2 is 1.70 bits per heavy atom. The number of nitro benzene ring substituents is 1. The summed E-state index contributed by atoms with van der Waals surface area (Å²) in [6, 6.07) is 5.18. The predicted octanol–water partition coefficient (Wildman–Crippen LogP) is 0.476. The highest BCUT2D eigenvalue weighted by Gasteiger charge is 2.78. The Kier molecular flexibility index (Phi) is 4.39. The second-order valence-electron chi connectivity index (χ2n) is 7.72. The average Bonchev–Trinajstić information content (AvgIpc) is 2.69. The van der Waals surface area contributed by atoms with Crippen LogP contribution in [-0.4, -0.2) is 61.7 Å². The highest BCUT2D eigenvalue weighted by molar-refractivity contribution is 5.36. The van der Waals surface area contributed by atoms with Gasteiger partial charge in [-0.2, -0.15) is 0 Å². The molecule has 9 nitrogen and oxygen atoms in total. The molecule has 1 heterocycles. The number of non-ortho nitro benzene ring substituents is 1. The van der Waals surface area contributed by atoms with Crippen LogP contribution in [0.5, 0.6) is 5.75 Å². The zero-order valence-corrected chi connectivity index (χ0v) is 14.6. The van der Waals surface area contributed by atoms with Gasteiger partial charge in [0, 0.05) is 17.5 Å². The fourth-order valence-electron chi connectivity index (χ4n) is 4.99. The van der Waals surface area contributed by atoms with Crippen molar-refractivity contribution in [1.29, 1.82) is 0 Å². The van der Waals surface area contributed by atoms with Gasteiger partial charge in [0.25, 0.3) is 5.69 Å². The molecule has 2 aliphatic carbocycles. The van der Waals surface area contributed by atoms with E-state index in [1.54, 1.807) is 0 Å². The fraction of sp³-hybridized carbons (Fsp3) is 0.667. The predicted molar refractivity (Wildman–Crippen MR) is 90.9 cm³/mol. The minimum atomic E-state index is -1.73. The van der Waals surface area contributed by atoms with E-state index in [1.807, 2.05) is 0 Å². The quantitative estimate of drug-likeness (QED) is 0.437.